The van der Waals surface area contributed by atoms with Crippen molar-refractivity contribution in [2.24, 2.45) is 11.8 Å². The number of carboxylic acid groups (broad SMARTS) is 5. The van der Waals surface area contributed by atoms with Crippen molar-refractivity contribution in [1.29, 1.82) is 0 Å². The minimum Gasteiger partial charge on any atom is -0.508 e. The van der Waals surface area contributed by atoms with Gasteiger partial charge in [-0.1, -0.05) is 11.3 Å². The third kappa shape index (κ3) is 21.7. The van der Waals surface area contributed by atoms with E-state index < -0.39 is 163 Å². The molecule has 5 heterocycles. The Balaban J connectivity index is 0.614. The number of rotatable bonds is 39. The number of aromatic hydroxyl groups is 3. The van der Waals surface area contributed by atoms with Crippen LogP contribution in [0.25, 0.3) is 16.9 Å². The van der Waals surface area contributed by atoms with Crippen molar-refractivity contribution in [3.05, 3.63) is 160 Å². The summed E-state index contributed by atoms with van der Waals surface area (Å²) >= 11 is 5.46. The fourth-order valence-corrected chi connectivity index (χ4v) is 12.6. The molecule has 10 rings (SSSR count). The number of nitrogen functional groups attached to an aromatic ring is 1. The lowest BCUT2D eigenvalue weighted by Gasteiger charge is -2.36. The van der Waals surface area contributed by atoms with Gasteiger partial charge in [0.05, 0.1) is 85.3 Å². The minimum absolute atomic E-state index is 0.000487. The lowest BCUT2D eigenvalue weighted by molar-refractivity contribution is -0.146. The Hall–Kier alpha value is -14.5. The second-order valence-corrected chi connectivity index (χ2v) is 26.7. The minimum atomic E-state index is -2.05. The van der Waals surface area contributed by atoms with Gasteiger partial charge in [-0.3, -0.25) is 43.2 Å². The first-order valence-electron chi connectivity index (χ1n) is 35.3. The number of ether oxygens (including phenoxy) is 3. The van der Waals surface area contributed by atoms with Gasteiger partial charge in [0, 0.05) is 96.6 Å². The number of nitrogens with zero attached hydrogens (tertiary/aromatic N) is 7. The van der Waals surface area contributed by atoms with Gasteiger partial charge in [0.2, 0.25) is 23.6 Å². The lowest BCUT2D eigenvalue weighted by atomic mass is 9.77. The number of benzene rings is 5. The van der Waals surface area contributed by atoms with Gasteiger partial charge in [0.25, 0.3) is 11.8 Å². The maximum absolute atomic E-state index is 13.7. The van der Waals surface area contributed by atoms with Crippen LogP contribution in [0, 0.1) is 11.8 Å². The Morgan fingerprint density at radius 1 is 0.600 bits per heavy atom. The number of phenols is 2. The quantitative estimate of drug-likeness (QED) is 0.0149. The molecular formula is C74H74N16O24S. The van der Waals surface area contributed by atoms with E-state index in [0.29, 0.717) is 45.1 Å². The number of hydrogen-bond acceptors (Lipinski definition) is 28. The van der Waals surface area contributed by atoms with E-state index in [2.05, 4.69) is 72.8 Å². The van der Waals surface area contributed by atoms with E-state index in [9.17, 15) is 103 Å². The van der Waals surface area contributed by atoms with Gasteiger partial charge in [-0.05, 0) is 123 Å². The van der Waals surface area contributed by atoms with E-state index in [0.717, 1.165) is 0 Å². The summed E-state index contributed by atoms with van der Waals surface area (Å²) in [6, 6.07) is 20.4. The van der Waals surface area contributed by atoms with Crippen molar-refractivity contribution < 1.29 is 117 Å². The number of nitrogens with one attached hydrogen (secondary N) is 8. The third-order valence-electron chi connectivity index (χ3n) is 18.0. The van der Waals surface area contributed by atoms with Gasteiger partial charge < -0.3 is 103 Å². The fourth-order valence-electron chi connectivity index (χ4n) is 12.4. The Morgan fingerprint density at radius 3 is 1.85 bits per heavy atom. The molecule has 0 bridgehead atoms. The Morgan fingerprint density at radius 2 is 1.20 bits per heavy atom. The molecule has 2 aliphatic heterocycles. The smallest absolute Gasteiger partial charge is 0.407 e. The predicted octanol–water partition coefficient (Wildman–Crippen LogP) is 3.33. The first-order valence-corrected chi connectivity index (χ1v) is 35.7. The number of thiocarbonyl (C=S) groups is 1. The highest BCUT2D eigenvalue weighted by Gasteiger charge is 2.54. The van der Waals surface area contributed by atoms with E-state index in [1.54, 1.807) is 48.7 Å². The van der Waals surface area contributed by atoms with Crippen LogP contribution in [0.3, 0.4) is 0 Å². The number of ketones is 2. The second-order valence-electron chi connectivity index (χ2n) is 26.3. The average Bonchev–Trinajstić information content (AvgIpc) is 1.58. The maximum atomic E-state index is 13.7. The van der Waals surface area contributed by atoms with Crippen molar-refractivity contribution in [3.63, 3.8) is 0 Å². The van der Waals surface area contributed by atoms with Gasteiger partial charge in [-0.15, -0.1) is 5.10 Å². The normalized spacial score (nSPS) is 13.4. The fraction of sp³-hybridized carbons (Fsp3) is 0.297. The first-order chi connectivity index (χ1) is 54.9. The molecule has 8 aromatic rings. The van der Waals surface area contributed by atoms with Crippen molar-refractivity contribution in [3.8, 4) is 34.6 Å². The van der Waals surface area contributed by atoms with Crippen molar-refractivity contribution in [2.75, 3.05) is 42.6 Å². The highest BCUT2D eigenvalue weighted by Crippen LogP contribution is 2.57. The summed E-state index contributed by atoms with van der Waals surface area (Å²) in [7, 11) is 0. The summed E-state index contributed by atoms with van der Waals surface area (Å²) in [5.41, 5.74) is 8.36. The topological polar surface area (TPSA) is 616 Å². The largest absolute Gasteiger partial charge is 0.508 e. The average molecular weight is 1600 g/mol. The summed E-state index contributed by atoms with van der Waals surface area (Å²) in [6.45, 7) is 0.342. The molecule has 1 spiro atoms. The number of fused-ring (bicyclic) bond motifs is 7. The number of aromatic nitrogens is 7. The van der Waals surface area contributed by atoms with Crippen LogP contribution in [0.15, 0.2) is 116 Å². The molecule has 0 saturated heterocycles. The SMILES string of the molecule is Nc1nc(O)c2nc(CNc3ccc(C(=O)N[C@@H](CCC(=O)C[C@@H](CC(=O)O)C(=O)N[C@@H](CC(=O)O)C(=O)C[C@@H](CC(=O)O)C(=O)N[C@@H](CCCCNC(=O)c4ccc(-n5cc(CCOC(=O)NCCNC(=S)Nc6ccc7c(c6)C(=O)OC76c7ccc(O)cc7Oc7cc(O)ccc76)nn5)cc4)C(=O)O)C(=O)O)cc3)cnc2n1. The number of nitrogens with two attached hydrogens (primary N) is 1. The number of Topliss-reactive ketones (excluding diaryl/α,β-unsaturated/α-hetero) is 2. The zero-order chi connectivity index (χ0) is 82.8. The molecular weight excluding hydrogens is 1530 g/mol. The number of carboxylic acids is 5. The summed E-state index contributed by atoms with van der Waals surface area (Å²) < 4.78 is 18.9. The number of alkyl carbamates (subject to hydrolysis) is 1. The van der Waals surface area contributed by atoms with Crippen LogP contribution in [0.4, 0.5) is 22.1 Å². The van der Waals surface area contributed by atoms with Crippen LogP contribution in [0.2, 0.25) is 0 Å². The first kappa shape index (κ1) is 82.9. The van der Waals surface area contributed by atoms with E-state index in [4.69, 9.17) is 32.2 Å². The van der Waals surface area contributed by atoms with Crippen LogP contribution < -0.4 is 53.0 Å². The van der Waals surface area contributed by atoms with Crippen LogP contribution >= 0.6 is 12.2 Å². The Labute approximate surface area is 654 Å². The summed E-state index contributed by atoms with van der Waals surface area (Å²) in [4.78, 5) is 183. The van der Waals surface area contributed by atoms with Gasteiger partial charge in [0.1, 0.15) is 40.9 Å². The van der Waals surface area contributed by atoms with Crippen LogP contribution in [0.5, 0.6) is 28.9 Å². The van der Waals surface area contributed by atoms with E-state index in [1.807, 2.05) is 0 Å². The second kappa shape index (κ2) is 37.4. The van der Waals surface area contributed by atoms with Crippen molar-refractivity contribution >= 4 is 123 Å². The number of esters is 1. The molecule has 0 saturated carbocycles. The van der Waals surface area contributed by atoms with Gasteiger partial charge in [0.15, 0.2) is 27.7 Å². The Kier molecular flexibility index (Phi) is 27.0. The predicted molar refractivity (Wildman–Crippen MR) is 400 cm³/mol. The molecule has 0 unspecified atom stereocenters. The maximum Gasteiger partial charge on any atom is 0.407 e. The van der Waals surface area contributed by atoms with Crippen LogP contribution in [-0.2, 0) is 71.2 Å². The highest BCUT2D eigenvalue weighted by molar-refractivity contribution is 7.80. The summed E-state index contributed by atoms with van der Waals surface area (Å²) in [5, 5.41) is 109. The van der Waals surface area contributed by atoms with Gasteiger partial charge >= 0.3 is 41.9 Å². The van der Waals surface area contributed by atoms with E-state index >= 15 is 0 Å². The number of amides is 5. The highest BCUT2D eigenvalue weighted by atomic mass is 32.1. The number of aliphatic carboxylic acids is 5. The van der Waals surface area contributed by atoms with Crippen molar-refractivity contribution in [1.82, 2.24) is 66.8 Å². The standard InChI is InChI=1S/C74H74N16O24S/c75-71-86-62-61(67(105)87-71)81-43(34-80-62)33-79-40-8-4-37(5-9-40)64(102)84-53(69(108)109)19-15-45(91)25-38(27-58(95)96)65(103)85-54(32-60(99)100)55(94)26-39(28-59(97)98)66(104)83-52(68(106)107)3-1-2-21-76-63(101)36-6-11-44(12-7-36)90-35-42(88-89-90)20-24-112-73(111)78-23-22-77-72(115)82-41-10-16-49-48(29-41)70(110)114-74(49)50-17-13-46(92)30-56(50)113-57-31-47(93)14-18-51(57)74/h4-14,16-18,29-31,34-35,38-39,52-54,79,92-93H,1-3,15,19-28,32-33H2,(H,76,101)(H,78,111)(H,83,104)(H,84,102)(H,85,103)(H,95,96)(H,97,98)(H,99,100)(H,106,107)(H,108,109)(H2,77,82,115)(H3,75,80,86,87,105)/t38-,39-,52-,53-,54-/m0/s1. The number of carbonyl (C=O) groups excluding carboxylic acids is 8. The van der Waals surface area contributed by atoms with Crippen molar-refractivity contribution in [2.45, 2.75) is 101 Å². The molecule has 0 fully saturated rings. The number of hydrogen-bond donors (Lipinski definition) is 17. The zero-order valence-electron chi connectivity index (χ0n) is 60.4. The van der Waals surface area contributed by atoms with Crippen LogP contribution in [0.1, 0.15) is 123 Å². The van der Waals surface area contributed by atoms with Gasteiger partial charge in [-0.25, -0.2) is 33.8 Å². The molecule has 600 valence electrons. The van der Waals surface area contributed by atoms with E-state index in [1.165, 1.54) is 71.5 Å². The lowest BCUT2D eigenvalue weighted by Crippen LogP contribution is -2.48. The summed E-state index contributed by atoms with van der Waals surface area (Å²) in [5.74, 6) is -18.8. The molecule has 5 atom stereocenters. The molecule has 115 heavy (non-hydrogen) atoms. The van der Waals surface area contributed by atoms with E-state index in [-0.39, 0.29) is 120 Å². The molecule has 5 amide bonds. The molecule has 40 nitrogen and oxygen atoms in total. The Bertz CT molecular complexity index is 5070. The third-order valence-corrected chi connectivity index (χ3v) is 18.3. The number of unbranched alkanes of at least 4 members (excludes halogenated alkanes) is 1. The molecule has 41 heteroatoms. The molecule has 5 aromatic carbocycles. The van der Waals surface area contributed by atoms with Crippen LogP contribution in [-0.4, -0.2) is 202 Å². The zero-order valence-corrected chi connectivity index (χ0v) is 61.2. The number of anilines is 3. The summed E-state index contributed by atoms with van der Waals surface area (Å²) in [6.07, 6.45) is -4.08. The molecule has 0 radical (unpaired) electrons. The van der Waals surface area contributed by atoms with Gasteiger partial charge in [-0.2, -0.15) is 9.97 Å². The molecule has 3 aromatic heterocycles. The molecule has 2 aliphatic rings. The number of carbonyl (C=O) groups is 13. The monoisotopic (exact) mass is 1600 g/mol. The number of phenolic OH excluding ortho intramolecular Hbond substituents is 2. The molecule has 18 N–H and O–H groups in total. The molecule has 0 aliphatic carbocycles.